The molecule has 0 atom stereocenters. The van der Waals surface area contributed by atoms with E-state index in [0.717, 1.165) is 4.88 Å². The van der Waals surface area contributed by atoms with Gasteiger partial charge in [0.25, 0.3) is 0 Å². The molecule has 1 aromatic carbocycles. The van der Waals surface area contributed by atoms with Gasteiger partial charge in [0.15, 0.2) is 0 Å². The highest BCUT2D eigenvalue weighted by Gasteiger charge is 2.13. The number of carbonyl (C=O) groups is 2. The number of hydrogen-bond donors (Lipinski definition) is 2. The SMILES string of the molecule is COCC(=O)NCc1ncc(-c2ccccc2C(=O)O)s1. The highest BCUT2D eigenvalue weighted by atomic mass is 32.1. The first kappa shape index (κ1) is 15.1. The first-order valence-corrected chi connectivity index (χ1v) is 6.96. The van der Waals surface area contributed by atoms with Gasteiger partial charge in [-0.15, -0.1) is 11.3 Å². The van der Waals surface area contributed by atoms with Crippen molar-refractivity contribution in [3.05, 3.63) is 41.0 Å². The van der Waals surface area contributed by atoms with Crippen LogP contribution in [0.15, 0.2) is 30.5 Å². The van der Waals surface area contributed by atoms with Crippen molar-refractivity contribution in [2.45, 2.75) is 6.54 Å². The van der Waals surface area contributed by atoms with E-state index in [2.05, 4.69) is 10.3 Å². The van der Waals surface area contributed by atoms with E-state index in [9.17, 15) is 14.7 Å². The lowest BCUT2D eigenvalue weighted by molar-refractivity contribution is -0.124. The minimum atomic E-state index is -0.978. The number of carbonyl (C=O) groups excluding carboxylic acids is 1. The maximum Gasteiger partial charge on any atom is 0.336 e. The molecule has 0 saturated heterocycles. The first-order chi connectivity index (χ1) is 10.1. The number of hydrogen-bond acceptors (Lipinski definition) is 5. The van der Waals surface area contributed by atoms with Gasteiger partial charge in [-0.1, -0.05) is 18.2 Å². The first-order valence-electron chi connectivity index (χ1n) is 6.15. The lowest BCUT2D eigenvalue weighted by atomic mass is 10.1. The van der Waals surface area contributed by atoms with E-state index in [1.165, 1.54) is 18.4 Å². The zero-order valence-corrected chi connectivity index (χ0v) is 12.1. The van der Waals surface area contributed by atoms with Crippen LogP contribution in [0.5, 0.6) is 0 Å². The van der Waals surface area contributed by atoms with Gasteiger partial charge in [0.2, 0.25) is 5.91 Å². The largest absolute Gasteiger partial charge is 0.478 e. The summed E-state index contributed by atoms with van der Waals surface area (Å²) in [7, 11) is 1.45. The molecule has 0 aliphatic rings. The van der Waals surface area contributed by atoms with Crippen LogP contribution in [-0.4, -0.2) is 35.7 Å². The Morgan fingerprint density at radius 2 is 2.14 bits per heavy atom. The molecular weight excluding hydrogens is 292 g/mol. The van der Waals surface area contributed by atoms with Gasteiger partial charge in [0.1, 0.15) is 11.6 Å². The van der Waals surface area contributed by atoms with Crippen molar-refractivity contribution in [2.24, 2.45) is 0 Å². The maximum atomic E-state index is 11.3. The van der Waals surface area contributed by atoms with Crippen LogP contribution in [0, 0.1) is 0 Å². The number of aromatic carboxylic acids is 1. The van der Waals surface area contributed by atoms with Gasteiger partial charge in [-0.25, -0.2) is 9.78 Å². The van der Waals surface area contributed by atoms with E-state index < -0.39 is 5.97 Å². The summed E-state index contributed by atoms with van der Waals surface area (Å²) in [5, 5.41) is 12.6. The minimum absolute atomic E-state index is 0.0000794. The second-order valence-corrected chi connectivity index (χ2v) is 5.29. The Hall–Kier alpha value is -2.25. The molecule has 0 bridgehead atoms. The Balaban J connectivity index is 2.13. The molecule has 21 heavy (non-hydrogen) atoms. The summed E-state index contributed by atoms with van der Waals surface area (Å²) >= 11 is 1.35. The van der Waals surface area contributed by atoms with E-state index in [1.807, 2.05) is 0 Å². The molecule has 0 fully saturated rings. The number of methoxy groups -OCH3 is 1. The number of nitrogens with zero attached hydrogens (tertiary/aromatic N) is 1. The van der Waals surface area contributed by atoms with E-state index in [-0.39, 0.29) is 18.1 Å². The fourth-order valence-electron chi connectivity index (χ4n) is 1.76. The molecule has 1 aromatic heterocycles. The number of nitrogens with one attached hydrogen (secondary N) is 1. The van der Waals surface area contributed by atoms with Crippen molar-refractivity contribution in [1.82, 2.24) is 10.3 Å². The second kappa shape index (κ2) is 6.96. The number of carboxylic acid groups (broad SMARTS) is 1. The predicted octanol–water partition coefficient (Wildman–Crippen LogP) is 1.77. The summed E-state index contributed by atoms with van der Waals surface area (Å²) in [6.45, 7) is 0.294. The number of carboxylic acids is 1. The Bertz CT molecular complexity index is 654. The molecule has 110 valence electrons. The van der Waals surface area contributed by atoms with Gasteiger partial charge in [-0.2, -0.15) is 0 Å². The summed E-state index contributed by atoms with van der Waals surface area (Å²) in [6.07, 6.45) is 1.62. The second-order valence-electron chi connectivity index (χ2n) is 4.18. The zero-order chi connectivity index (χ0) is 15.2. The molecule has 2 aromatic rings. The molecule has 1 amide bonds. The normalized spacial score (nSPS) is 10.3. The third kappa shape index (κ3) is 3.87. The Morgan fingerprint density at radius 3 is 2.86 bits per heavy atom. The van der Waals surface area contributed by atoms with Crippen LogP contribution in [0.1, 0.15) is 15.4 Å². The van der Waals surface area contributed by atoms with Crippen LogP contribution in [0.25, 0.3) is 10.4 Å². The monoisotopic (exact) mass is 306 g/mol. The average Bonchev–Trinajstić information content (AvgIpc) is 2.94. The molecule has 1 heterocycles. The van der Waals surface area contributed by atoms with Crippen LogP contribution in [0.3, 0.4) is 0 Å². The lowest BCUT2D eigenvalue weighted by Gasteiger charge is -2.02. The van der Waals surface area contributed by atoms with Crippen LogP contribution < -0.4 is 5.32 Å². The van der Waals surface area contributed by atoms with Gasteiger partial charge >= 0.3 is 5.97 Å². The van der Waals surface area contributed by atoms with E-state index in [4.69, 9.17) is 4.74 Å². The topological polar surface area (TPSA) is 88.5 Å². The van der Waals surface area contributed by atoms with Crippen LogP contribution in [0.2, 0.25) is 0 Å². The summed E-state index contributed by atoms with van der Waals surface area (Å²) in [5.74, 6) is -1.20. The van der Waals surface area contributed by atoms with Gasteiger partial charge < -0.3 is 15.2 Å². The summed E-state index contributed by atoms with van der Waals surface area (Å²) in [4.78, 5) is 27.5. The predicted molar refractivity (Wildman–Crippen MR) is 78.2 cm³/mol. The fraction of sp³-hybridized carbons (Fsp3) is 0.214. The molecule has 0 saturated carbocycles. The Morgan fingerprint density at radius 1 is 1.38 bits per heavy atom. The number of ether oxygens (including phenoxy) is 1. The van der Waals surface area contributed by atoms with Crippen LogP contribution in [-0.2, 0) is 16.1 Å². The Kier molecular flexibility index (Phi) is 5.02. The van der Waals surface area contributed by atoms with Crippen molar-refractivity contribution in [3.63, 3.8) is 0 Å². The third-order valence-electron chi connectivity index (χ3n) is 2.69. The molecule has 7 heteroatoms. The highest BCUT2D eigenvalue weighted by molar-refractivity contribution is 7.15. The van der Waals surface area contributed by atoms with Crippen molar-refractivity contribution in [3.8, 4) is 10.4 Å². The summed E-state index contributed by atoms with van der Waals surface area (Å²) < 4.78 is 4.71. The molecule has 0 unspecified atom stereocenters. The number of amides is 1. The highest BCUT2D eigenvalue weighted by Crippen LogP contribution is 2.29. The zero-order valence-electron chi connectivity index (χ0n) is 11.3. The number of thiazole rings is 1. The minimum Gasteiger partial charge on any atom is -0.478 e. The molecule has 0 aliphatic heterocycles. The van der Waals surface area contributed by atoms with E-state index in [0.29, 0.717) is 17.1 Å². The third-order valence-corrected chi connectivity index (χ3v) is 3.72. The Labute approximate surface area is 125 Å². The van der Waals surface area contributed by atoms with Gasteiger partial charge in [0.05, 0.1) is 17.0 Å². The fourth-order valence-corrected chi connectivity index (χ4v) is 2.65. The molecule has 2 N–H and O–H groups in total. The van der Waals surface area contributed by atoms with Gasteiger partial charge in [0, 0.05) is 18.9 Å². The smallest absolute Gasteiger partial charge is 0.336 e. The number of aromatic nitrogens is 1. The molecule has 6 nitrogen and oxygen atoms in total. The average molecular weight is 306 g/mol. The molecular formula is C14H14N2O4S. The number of rotatable bonds is 6. The molecule has 0 aliphatic carbocycles. The number of benzene rings is 1. The summed E-state index contributed by atoms with van der Waals surface area (Å²) in [6, 6.07) is 6.75. The van der Waals surface area contributed by atoms with Gasteiger partial charge in [-0.3, -0.25) is 4.79 Å². The maximum absolute atomic E-state index is 11.3. The molecule has 0 radical (unpaired) electrons. The van der Waals surface area contributed by atoms with Crippen molar-refractivity contribution in [2.75, 3.05) is 13.7 Å². The molecule has 0 spiro atoms. The van der Waals surface area contributed by atoms with Crippen LogP contribution in [0.4, 0.5) is 0 Å². The van der Waals surface area contributed by atoms with Crippen molar-refractivity contribution in [1.29, 1.82) is 0 Å². The standard InChI is InChI=1S/C14H14N2O4S/c1-20-8-12(17)15-7-13-16-6-11(21-13)9-4-2-3-5-10(9)14(18)19/h2-6H,7-8H2,1H3,(H,15,17)(H,18,19). The van der Waals surface area contributed by atoms with Crippen molar-refractivity contribution >= 4 is 23.2 Å². The molecule has 2 rings (SSSR count). The summed E-state index contributed by atoms with van der Waals surface area (Å²) in [5.41, 5.74) is 0.855. The van der Waals surface area contributed by atoms with E-state index >= 15 is 0 Å². The van der Waals surface area contributed by atoms with Gasteiger partial charge in [-0.05, 0) is 6.07 Å². The van der Waals surface area contributed by atoms with E-state index in [1.54, 1.807) is 30.5 Å². The van der Waals surface area contributed by atoms with Crippen LogP contribution >= 0.6 is 11.3 Å². The lowest BCUT2D eigenvalue weighted by Crippen LogP contribution is -2.26. The van der Waals surface area contributed by atoms with Crippen molar-refractivity contribution < 1.29 is 19.4 Å². The quantitative estimate of drug-likeness (QED) is 0.849.